The molecule has 9 heteroatoms. The highest BCUT2D eigenvalue weighted by atomic mass is 32.2. The van der Waals surface area contributed by atoms with Gasteiger partial charge in [-0.05, 0) is 96.6 Å². The zero-order valence-corrected chi connectivity index (χ0v) is 34.6. The highest BCUT2D eigenvalue weighted by molar-refractivity contribution is 8.03. The Morgan fingerprint density at radius 3 is 2.55 bits per heavy atom. The molecule has 0 N–H and O–H groups in total. The number of likely N-dealkylation sites (tertiary alicyclic amines) is 1. The fraction of sp³-hybridized carbons (Fsp3) is 0.457. The van der Waals surface area contributed by atoms with E-state index in [0.29, 0.717) is 36.7 Å². The summed E-state index contributed by atoms with van der Waals surface area (Å²) in [5, 5.41) is 1.73. The average Bonchev–Trinajstić information content (AvgIpc) is 3.73. The molecule has 288 valence electrons. The highest BCUT2D eigenvalue weighted by Gasteiger charge is 2.36. The fourth-order valence-electron chi connectivity index (χ4n) is 9.22. The quantitative estimate of drug-likeness (QED) is 0.0713. The molecule has 3 aromatic carbocycles. The smallest absolute Gasteiger partial charge is 0.357 e. The minimum atomic E-state index is -0.398. The van der Waals surface area contributed by atoms with Gasteiger partial charge in [-0.2, -0.15) is 0 Å². The van der Waals surface area contributed by atoms with Crippen LogP contribution in [-0.4, -0.2) is 48.9 Å². The van der Waals surface area contributed by atoms with E-state index in [1.54, 1.807) is 29.2 Å². The third-order valence-corrected chi connectivity index (χ3v) is 15.1. The normalized spacial score (nSPS) is 22.2. The van der Waals surface area contributed by atoms with E-state index < -0.39 is 5.97 Å². The number of methoxy groups -OCH3 is 1. The van der Waals surface area contributed by atoms with E-state index in [9.17, 15) is 9.59 Å². The van der Waals surface area contributed by atoms with Gasteiger partial charge < -0.3 is 14.5 Å². The Bertz CT molecular complexity index is 2080. The third-order valence-electron chi connectivity index (χ3n) is 12.8. The molecule has 5 atom stereocenters. The van der Waals surface area contributed by atoms with Crippen LogP contribution in [0.1, 0.15) is 119 Å². The highest BCUT2D eigenvalue weighted by Crippen LogP contribution is 2.47. The van der Waals surface area contributed by atoms with Crippen molar-refractivity contribution < 1.29 is 14.3 Å². The molecule has 1 saturated heterocycles. The van der Waals surface area contributed by atoms with Gasteiger partial charge in [0, 0.05) is 55.8 Å². The second-order valence-corrected chi connectivity index (χ2v) is 18.1. The lowest BCUT2D eigenvalue weighted by molar-refractivity contribution is 0.0582. The van der Waals surface area contributed by atoms with E-state index in [4.69, 9.17) is 9.72 Å². The summed E-state index contributed by atoms with van der Waals surface area (Å²) in [6.07, 6.45) is 10.3. The molecule has 2 fully saturated rings. The first-order valence-corrected chi connectivity index (χ1v) is 21.9. The second kappa shape index (κ2) is 16.3. The zero-order chi connectivity index (χ0) is 38.2. The number of carbonyl (C=O) groups is 2. The van der Waals surface area contributed by atoms with Crippen molar-refractivity contribution in [1.82, 2.24) is 9.88 Å². The Kier molecular flexibility index (Phi) is 11.2. The number of fused-ring (bicyclic) bond motifs is 2. The molecule has 1 aromatic heterocycles. The van der Waals surface area contributed by atoms with Crippen LogP contribution in [0.15, 0.2) is 82.7 Å². The minimum absolute atomic E-state index is 0.00573. The number of hydrogen-bond acceptors (Lipinski definition) is 9. The van der Waals surface area contributed by atoms with Gasteiger partial charge in [0.25, 0.3) is 0 Å². The number of nitrogens with zero attached hydrogens (tertiary/aromatic N) is 4. The van der Waals surface area contributed by atoms with Gasteiger partial charge in [-0.1, -0.05) is 105 Å². The minimum Gasteiger partial charge on any atom is -0.464 e. The number of ether oxygens (including phenoxy) is 1. The van der Waals surface area contributed by atoms with Crippen molar-refractivity contribution in [3.05, 3.63) is 116 Å². The van der Waals surface area contributed by atoms with Crippen LogP contribution in [0.5, 0.6) is 0 Å². The lowest BCUT2D eigenvalue weighted by Gasteiger charge is -2.41. The van der Waals surface area contributed by atoms with Crippen LogP contribution in [0.4, 0.5) is 10.8 Å². The van der Waals surface area contributed by atoms with Crippen LogP contribution >= 0.6 is 23.1 Å². The molecule has 1 saturated carbocycles. The summed E-state index contributed by atoms with van der Waals surface area (Å²) in [6.45, 7) is 10.1. The van der Waals surface area contributed by atoms with Gasteiger partial charge in [0.15, 0.2) is 16.6 Å². The van der Waals surface area contributed by atoms with Crippen molar-refractivity contribution in [1.29, 1.82) is 0 Å². The molecular weight excluding hydrogens is 721 g/mol. The number of esters is 1. The predicted octanol–water partition coefficient (Wildman–Crippen LogP) is 10.7. The van der Waals surface area contributed by atoms with Crippen molar-refractivity contribution in [2.24, 2.45) is 17.8 Å². The molecule has 0 amide bonds. The maximum atomic E-state index is 13.9. The Labute approximate surface area is 335 Å². The van der Waals surface area contributed by atoms with E-state index >= 15 is 0 Å². The van der Waals surface area contributed by atoms with E-state index in [0.717, 1.165) is 74.5 Å². The van der Waals surface area contributed by atoms with Crippen molar-refractivity contribution in [2.75, 3.05) is 37.0 Å². The second-order valence-electron chi connectivity index (χ2n) is 16.0. The summed E-state index contributed by atoms with van der Waals surface area (Å²) < 4.78 is 5.25. The molecular formula is C46H54N4O3S2. The molecule has 55 heavy (non-hydrogen) atoms. The Hall–Kier alpha value is -3.92. The van der Waals surface area contributed by atoms with Crippen LogP contribution in [0.3, 0.4) is 0 Å². The van der Waals surface area contributed by atoms with Crippen LogP contribution in [-0.2, 0) is 24.2 Å². The SMILES string of the molecule is CCC1CC1CCC(C)C(CC)c1ccc(C2CCN2Cc2sc(N3CCc4cccc(C(=O)C=C5Sc6ccccc6N5C)c4C3)nc2C(=O)OC)cc1. The molecule has 0 radical (unpaired) electrons. The van der Waals surface area contributed by atoms with Crippen LogP contribution in [0.2, 0.25) is 0 Å². The number of aromatic nitrogens is 1. The van der Waals surface area contributed by atoms with Gasteiger partial charge in [-0.25, -0.2) is 9.78 Å². The first kappa shape index (κ1) is 38.0. The molecule has 1 aliphatic carbocycles. The van der Waals surface area contributed by atoms with Crippen molar-refractivity contribution in [3.8, 4) is 0 Å². The maximum Gasteiger partial charge on any atom is 0.357 e. The predicted molar refractivity (Wildman–Crippen MR) is 225 cm³/mol. The van der Waals surface area contributed by atoms with E-state index in [2.05, 4.69) is 77.9 Å². The molecule has 4 heterocycles. The molecule has 7 nitrogen and oxygen atoms in total. The first-order chi connectivity index (χ1) is 26.8. The van der Waals surface area contributed by atoms with Gasteiger partial charge in [0.1, 0.15) is 0 Å². The number of allylic oxidation sites excluding steroid dienone is 1. The average molecular weight is 775 g/mol. The van der Waals surface area contributed by atoms with Gasteiger partial charge in [-0.15, -0.1) is 0 Å². The Morgan fingerprint density at radius 1 is 1.02 bits per heavy atom. The van der Waals surface area contributed by atoms with Gasteiger partial charge in [0.05, 0.1) is 22.7 Å². The fourth-order valence-corrected chi connectivity index (χ4v) is 11.4. The number of rotatable bonds is 14. The first-order valence-electron chi connectivity index (χ1n) is 20.3. The lowest BCUT2D eigenvalue weighted by atomic mass is 9.81. The van der Waals surface area contributed by atoms with Crippen molar-refractivity contribution in [2.45, 2.75) is 95.7 Å². The topological polar surface area (TPSA) is 66.0 Å². The monoisotopic (exact) mass is 774 g/mol. The Morgan fingerprint density at radius 2 is 1.84 bits per heavy atom. The Balaban J connectivity index is 0.955. The summed E-state index contributed by atoms with van der Waals surface area (Å²) in [5.41, 5.74) is 7.28. The number of thioether (sulfide) groups is 1. The third kappa shape index (κ3) is 7.77. The summed E-state index contributed by atoms with van der Waals surface area (Å²) in [4.78, 5) is 40.8. The van der Waals surface area contributed by atoms with E-state index in [1.165, 1.54) is 55.9 Å². The van der Waals surface area contributed by atoms with Gasteiger partial charge in [-0.3, -0.25) is 9.69 Å². The molecule has 0 spiro atoms. The zero-order valence-electron chi connectivity index (χ0n) is 32.9. The lowest BCUT2D eigenvalue weighted by Crippen LogP contribution is -2.40. The van der Waals surface area contributed by atoms with Crippen molar-refractivity contribution in [3.63, 3.8) is 0 Å². The number of hydrogen-bond donors (Lipinski definition) is 0. The number of carbonyl (C=O) groups excluding carboxylic acids is 2. The number of benzene rings is 3. The van der Waals surface area contributed by atoms with E-state index in [-0.39, 0.29) is 5.78 Å². The number of para-hydroxylation sites is 1. The molecule has 4 aromatic rings. The standard InChI is InChI=1S/C46H54N4O3S2/c1-6-30-25-34(30)16-15-29(3)35(7-2)32-17-19-33(20-18-32)38-22-24-49(38)28-42-44(45(52)53-5)47-46(55-42)50-23-21-31-11-10-12-36(37(31)27-50)40(51)26-43-48(4)39-13-8-9-14-41(39)54-43/h8-14,17-20,26,29-30,34-35,38H,6-7,15-16,21-25,27-28H2,1-5H3. The van der Waals surface area contributed by atoms with Crippen LogP contribution in [0, 0.1) is 17.8 Å². The number of ketones is 1. The summed E-state index contributed by atoms with van der Waals surface area (Å²) in [5.74, 6) is 2.85. The molecule has 5 unspecified atom stereocenters. The number of thiazole rings is 1. The largest absolute Gasteiger partial charge is 0.464 e. The molecule has 4 aliphatic rings. The van der Waals surface area contributed by atoms with Crippen LogP contribution < -0.4 is 9.80 Å². The van der Waals surface area contributed by atoms with Crippen molar-refractivity contribution >= 4 is 45.7 Å². The van der Waals surface area contributed by atoms with Gasteiger partial charge >= 0.3 is 5.97 Å². The maximum absolute atomic E-state index is 13.9. The summed E-state index contributed by atoms with van der Waals surface area (Å²) in [7, 11) is 3.44. The summed E-state index contributed by atoms with van der Waals surface area (Å²) >= 11 is 3.21. The van der Waals surface area contributed by atoms with Crippen LogP contribution in [0.25, 0.3) is 0 Å². The van der Waals surface area contributed by atoms with Gasteiger partial charge in [0.2, 0.25) is 0 Å². The molecule has 8 rings (SSSR count). The number of anilines is 2. The molecule has 0 bridgehead atoms. The van der Waals surface area contributed by atoms with E-state index in [1.807, 2.05) is 31.3 Å². The summed E-state index contributed by atoms with van der Waals surface area (Å²) in [6, 6.07) is 24.1. The molecule has 3 aliphatic heterocycles.